The van der Waals surface area contributed by atoms with E-state index in [4.69, 9.17) is 5.11 Å². The van der Waals surface area contributed by atoms with E-state index in [1.807, 2.05) is 6.20 Å². The second-order valence-electron chi connectivity index (χ2n) is 6.54. The van der Waals surface area contributed by atoms with Gasteiger partial charge in [-0.1, -0.05) is 6.42 Å². The number of aryl methyl sites for hydroxylation is 1. The van der Waals surface area contributed by atoms with Gasteiger partial charge in [-0.2, -0.15) is 5.10 Å². The van der Waals surface area contributed by atoms with Gasteiger partial charge >= 0.3 is 5.97 Å². The van der Waals surface area contributed by atoms with Gasteiger partial charge < -0.3 is 15.3 Å². The molecule has 138 valence electrons. The Morgan fingerprint density at radius 3 is 2.72 bits per heavy atom. The molecule has 2 heterocycles. The zero-order valence-electron chi connectivity index (χ0n) is 14.8. The number of carboxylic acid groups (broad SMARTS) is 1. The van der Waals surface area contributed by atoms with Crippen LogP contribution in [0.5, 0.6) is 0 Å². The van der Waals surface area contributed by atoms with Crippen LogP contribution in [-0.4, -0.2) is 51.2 Å². The van der Waals surface area contributed by atoms with Crippen molar-refractivity contribution in [2.75, 3.05) is 13.6 Å². The number of unbranched alkanes of at least 4 members (excludes halogenated alkanes) is 2. The van der Waals surface area contributed by atoms with Crippen LogP contribution >= 0.6 is 0 Å². The molecule has 1 aliphatic rings. The lowest BCUT2D eigenvalue weighted by molar-refractivity contribution is -0.142. The van der Waals surface area contributed by atoms with Gasteiger partial charge in [0.2, 0.25) is 11.8 Å². The van der Waals surface area contributed by atoms with Gasteiger partial charge in [-0.3, -0.25) is 19.1 Å². The zero-order chi connectivity index (χ0) is 18.4. The van der Waals surface area contributed by atoms with Gasteiger partial charge in [0.1, 0.15) is 0 Å². The third kappa shape index (κ3) is 5.04. The Kier molecular flexibility index (Phi) is 6.55. The van der Waals surface area contributed by atoms with Gasteiger partial charge in [0.15, 0.2) is 0 Å². The number of nitrogens with one attached hydrogen (secondary N) is 1. The van der Waals surface area contributed by atoms with E-state index in [-0.39, 0.29) is 30.2 Å². The van der Waals surface area contributed by atoms with Crippen molar-refractivity contribution in [3.05, 3.63) is 18.0 Å². The number of carboxylic acids is 1. The molecule has 2 rings (SSSR count). The van der Waals surface area contributed by atoms with Crippen LogP contribution in [0.4, 0.5) is 0 Å². The second-order valence-corrected chi connectivity index (χ2v) is 6.54. The van der Waals surface area contributed by atoms with E-state index in [0.717, 1.165) is 18.4 Å². The molecule has 0 aliphatic carbocycles. The van der Waals surface area contributed by atoms with Crippen LogP contribution in [0.2, 0.25) is 0 Å². The van der Waals surface area contributed by atoms with E-state index >= 15 is 0 Å². The smallest absolute Gasteiger partial charge is 0.303 e. The first-order valence-corrected chi connectivity index (χ1v) is 8.64. The monoisotopic (exact) mass is 350 g/mol. The average molecular weight is 350 g/mol. The number of nitrogens with zero attached hydrogens (tertiary/aromatic N) is 3. The third-order valence-corrected chi connectivity index (χ3v) is 4.63. The molecule has 2 atom stereocenters. The Morgan fingerprint density at radius 1 is 1.32 bits per heavy atom. The van der Waals surface area contributed by atoms with E-state index in [2.05, 4.69) is 10.4 Å². The van der Waals surface area contributed by atoms with Crippen molar-refractivity contribution in [1.82, 2.24) is 20.0 Å². The Hall–Kier alpha value is -2.38. The SMILES string of the molecule is CN1C(=O)CCC(C(=O)NCCCCCC(=O)O)C1c1cnn(C)c1. The molecule has 2 amide bonds. The molecule has 2 N–H and O–H groups in total. The summed E-state index contributed by atoms with van der Waals surface area (Å²) in [6.07, 6.45) is 6.71. The number of hydrogen-bond donors (Lipinski definition) is 2. The average Bonchev–Trinajstić information content (AvgIpc) is 2.98. The van der Waals surface area contributed by atoms with E-state index < -0.39 is 5.97 Å². The number of piperidine rings is 1. The summed E-state index contributed by atoms with van der Waals surface area (Å²) in [5, 5.41) is 15.7. The van der Waals surface area contributed by atoms with Gasteiger partial charge in [-0.25, -0.2) is 0 Å². The Balaban J connectivity index is 1.92. The van der Waals surface area contributed by atoms with Gasteiger partial charge in [0, 0.05) is 45.2 Å². The van der Waals surface area contributed by atoms with Crippen LogP contribution in [0.3, 0.4) is 0 Å². The van der Waals surface area contributed by atoms with Crippen LogP contribution in [0.15, 0.2) is 12.4 Å². The number of rotatable bonds is 8. The molecule has 0 aromatic carbocycles. The highest BCUT2D eigenvalue weighted by molar-refractivity contribution is 5.84. The maximum atomic E-state index is 12.6. The van der Waals surface area contributed by atoms with Gasteiger partial charge in [0.25, 0.3) is 0 Å². The van der Waals surface area contributed by atoms with E-state index in [0.29, 0.717) is 25.8 Å². The van der Waals surface area contributed by atoms with Crippen LogP contribution in [0.25, 0.3) is 0 Å². The van der Waals surface area contributed by atoms with Crippen LogP contribution < -0.4 is 5.32 Å². The molecule has 0 saturated carbocycles. The predicted octanol–water partition coefficient (Wildman–Crippen LogP) is 1.09. The van der Waals surface area contributed by atoms with E-state index in [9.17, 15) is 14.4 Å². The Morgan fingerprint density at radius 2 is 2.08 bits per heavy atom. The number of hydrogen-bond acceptors (Lipinski definition) is 4. The van der Waals surface area contributed by atoms with Crippen molar-refractivity contribution in [3.63, 3.8) is 0 Å². The molecule has 1 fully saturated rings. The fourth-order valence-electron chi connectivity index (χ4n) is 3.28. The molecule has 8 heteroatoms. The lowest BCUT2D eigenvalue weighted by atomic mass is 9.85. The van der Waals surface area contributed by atoms with Crippen molar-refractivity contribution >= 4 is 17.8 Å². The molecule has 1 aromatic rings. The highest BCUT2D eigenvalue weighted by Gasteiger charge is 2.39. The maximum Gasteiger partial charge on any atom is 0.303 e. The van der Waals surface area contributed by atoms with Crippen LogP contribution in [-0.2, 0) is 21.4 Å². The topological polar surface area (TPSA) is 105 Å². The Bertz CT molecular complexity index is 628. The standard InChI is InChI=1S/C17H26N4O4/c1-20-11-12(10-19-20)16-13(7-8-14(22)21(16)2)17(25)18-9-5-3-4-6-15(23)24/h10-11,13,16H,3-9H2,1-2H3,(H,18,25)(H,23,24). The molecule has 25 heavy (non-hydrogen) atoms. The molecule has 8 nitrogen and oxygen atoms in total. The summed E-state index contributed by atoms with van der Waals surface area (Å²) in [4.78, 5) is 36.8. The second kappa shape index (κ2) is 8.64. The number of amides is 2. The summed E-state index contributed by atoms with van der Waals surface area (Å²) in [6.45, 7) is 0.520. The molecule has 0 spiro atoms. The summed E-state index contributed by atoms with van der Waals surface area (Å²) >= 11 is 0. The van der Waals surface area contributed by atoms with E-state index in [1.54, 1.807) is 29.9 Å². The number of likely N-dealkylation sites (tertiary alicyclic amines) is 1. The largest absolute Gasteiger partial charge is 0.481 e. The molecule has 0 radical (unpaired) electrons. The minimum absolute atomic E-state index is 0.0339. The van der Waals surface area contributed by atoms with Crippen LogP contribution in [0.1, 0.15) is 50.1 Å². The van der Waals surface area contributed by atoms with Crippen molar-refractivity contribution in [2.24, 2.45) is 13.0 Å². The summed E-state index contributed by atoms with van der Waals surface area (Å²) < 4.78 is 1.67. The highest BCUT2D eigenvalue weighted by atomic mass is 16.4. The lowest BCUT2D eigenvalue weighted by Gasteiger charge is -2.37. The fourth-order valence-corrected chi connectivity index (χ4v) is 3.28. The number of carbonyl (C=O) groups excluding carboxylic acids is 2. The first-order chi connectivity index (χ1) is 11.9. The minimum Gasteiger partial charge on any atom is -0.481 e. The van der Waals surface area contributed by atoms with Crippen molar-refractivity contribution < 1.29 is 19.5 Å². The predicted molar refractivity (Wildman–Crippen MR) is 90.6 cm³/mol. The molecular weight excluding hydrogens is 324 g/mol. The molecular formula is C17H26N4O4. The van der Waals surface area contributed by atoms with E-state index in [1.165, 1.54) is 0 Å². The minimum atomic E-state index is -0.793. The Labute approximate surface area is 147 Å². The number of aliphatic carboxylic acids is 1. The van der Waals surface area contributed by atoms with Gasteiger partial charge in [0.05, 0.1) is 18.2 Å². The summed E-state index contributed by atoms with van der Waals surface area (Å²) in [6, 6.07) is -0.304. The number of aromatic nitrogens is 2. The van der Waals surface area contributed by atoms with Gasteiger partial charge in [-0.05, 0) is 19.3 Å². The summed E-state index contributed by atoms with van der Waals surface area (Å²) in [5.41, 5.74) is 0.861. The lowest BCUT2D eigenvalue weighted by Crippen LogP contribution is -2.46. The third-order valence-electron chi connectivity index (χ3n) is 4.63. The molecule has 0 bridgehead atoms. The molecule has 1 aliphatic heterocycles. The first-order valence-electron chi connectivity index (χ1n) is 8.64. The normalized spacial score (nSPS) is 20.6. The molecule has 1 aromatic heterocycles. The summed E-state index contributed by atoms with van der Waals surface area (Å²) in [5.74, 6) is -1.12. The number of carbonyl (C=O) groups is 3. The quantitative estimate of drug-likeness (QED) is 0.683. The fraction of sp³-hybridized carbons (Fsp3) is 0.647. The van der Waals surface area contributed by atoms with Crippen molar-refractivity contribution in [1.29, 1.82) is 0 Å². The van der Waals surface area contributed by atoms with Crippen molar-refractivity contribution in [3.8, 4) is 0 Å². The van der Waals surface area contributed by atoms with Crippen LogP contribution in [0, 0.1) is 5.92 Å². The van der Waals surface area contributed by atoms with Gasteiger partial charge in [-0.15, -0.1) is 0 Å². The van der Waals surface area contributed by atoms with Crippen molar-refractivity contribution in [2.45, 2.75) is 44.6 Å². The molecule has 1 saturated heterocycles. The maximum absolute atomic E-state index is 12.6. The zero-order valence-corrected chi connectivity index (χ0v) is 14.8. The highest BCUT2D eigenvalue weighted by Crippen LogP contribution is 2.35. The summed E-state index contributed by atoms with van der Waals surface area (Å²) in [7, 11) is 3.53. The molecule has 2 unspecified atom stereocenters. The first kappa shape index (κ1) is 19.0.